The van der Waals surface area contributed by atoms with Gasteiger partial charge in [0.1, 0.15) is 0 Å². The first-order chi connectivity index (χ1) is 13.0. The second kappa shape index (κ2) is 8.35. The van der Waals surface area contributed by atoms with Crippen molar-refractivity contribution < 1.29 is 19.5 Å². The SMILES string of the molecule is Cc1scc(C(=O)NNC(=O)[C@H]2CCCC[C@@H]2C(=O)O)c1-c1ccccc1. The number of carboxylic acid groups (broad SMARTS) is 1. The summed E-state index contributed by atoms with van der Waals surface area (Å²) in [5.74, 6) is -3.12. The Morgan fingerprint density at radius 2 is 1.70 bits per heavy atom. The second-order valence-corrected chi connectivity index (χ2v) is 7.81. The lowest BCUT2D eigenvalue weighted by molar-refractivity contribution is -0.149. The number of hydrogen-bond donors (Lipinski definition) is 3. The summed E-state index contributed by atoms with van der Waals surface area (Å²) in [4.78, 5) is 37.4. The van der Waals surface area contributed by atoms with E-state index in [-0.39, 0.29) is 0 Å². The molecule has 2 aromatic rings. The molecule has 0 spiro atoms. The molecule has 0 saturated heterocycles. The zero-order valence-electron chi connectivity index (χ0n) is 15.0. The van der Waals surface area contributed by atoms with Gasteiger partial charge in [0.05, 0.1) is 17.4 Å². The number of hydrazine groups is 1. The van der Waals surface area contributed by atoms with Gasteiger partial charge in [-0.1, -0.05) is 43.2 Å². The molecule has 0 unspecified atom stereocenters. The zero-order chi connectivity index (χ0) is 19.4. The highest BCUT2D eigenvalue weighted by Gasteiger charge is 2.35. The van der Waals surface area contributed by atoms with Crippen LogP contribution >= 0.6 is 11.3 Å². The number of aryl methyl sites for hydroxylation is 1. The number of nitrogens with one attached hydrogen (secondary N) is 2. The van der Waals surface area contributed by atoms with Crippen LogP contribution in [0.3, 0.4) is 0 Å². The molecule has 7 heteroatoms. The first-order valence-electron chi connectivity index (χ1n) is 8.95. The molecule has 1 aliphatic rings. The number of carbonyl (C=O) groups excluding carboxylic acids is 2. The van der Waals surface area contributed by atoms with Crippen LogP contribution in [-0.4, -0.2) is 22.9 Å². The second-order valence-electron chi connectivity index (χ2n) is 6.73. The summed E-state index contributed by atoms with van der Waals surface area (Å²) in [5, 5.41) is 11.1. The van der Waals surface area contributed by atoms with Gasteiger partial charge < -0.3 is 5.11 Å². The van der Waals surface area contributed by atoms with Gasteiger partial charge in [-0.25, -0.2) is 0 Å². The first-order valence-corrected chi connectivity index (χ1v) is 9.83. The highest BCUT2D eigenvalue weighted by atomic mass is 32.1. The van der Waals surface area contributed by atoms with Crippen molar-refractivity contribution in [1.29, 1.82) is 0 Å². The lowest BCUT2D eigenvalue weighted by Crippen LogP contribution is -2.47. The molecule has 0 bridgehead atoms. The Bertz CT molecular complexity index is 847. The van der Waals surface area contributed by atoms with Gasteiger partial charge in [-0.05, 0) is 25.3 Å². The minimum absolute atomic E-state index is 0.408. The maximum Gasteiger partial charge on any atom is 0.307 e. The Morgan fingerprint density at radius 1 is 1.04 bits per heavy atom. The predicted molar refractivity (Wildman–Crippen MR) is 103 cm³/mol. The summed E-state index contributed by atoms with van der Waals surface area (Å²) in [6, 6.07) is 9.60. The molecule has 1 fully saturated rings. The Kier molecular flexibility index (Phi) is 5.91. The number of carboxylic acids is 1. The fourth-order valence-electron chi connectivity index (χ4n) is 3.60. The van der Waals surface area contributed by atoms with Gasteiger partial charge in [-0.2, -0.15) is 0 Å². The number of aliphatic carboxylic acids is 1. The topological polar surface area (TPSA) is 95.5 Å². The van der Waals surface area contributed by atoms with Gasteiger partial charge >= 0.3 is 5.97 Å². The van der Waals surface area contributed by atoms with E-state index in [1.54, 1.807) is 5.38 Å². The fraction of sp³-hybridized carbons (Fsp3) is 0.350. The van der Waals surface area contributed by atoms with E-state index >= 15 is 0 Å². The summed E-state index contributed by atoms with van der Waals surface area (Å²) in [7, 11) is 0. The summed E-state index contributed by atoms with van der Waals surface area (Å²) in [6.07, 6.45) is 2.63. The Balaban J connectivity index is 1.70. The molecule has 1 aromatic heterocycles. The molecule has 27 heavy (non-hydrogen) atoms. The molecular weight excluding hydrogens is 364 g/mol. The smallest absolute Gasteiger partial charge is 0.307 e. The van der Waals surface area contributed by atoms with E-state index in [2.05, 4.69) is 10.9 Å². The lowest BCUT2D eigenvalue weighted by Gasteiger charge is -2.27. The highest BCUT2D eigenvalue weighted by molar-refractivity contribution is 7.10. The first kappa shape index (κ1) is 19.1. The van der Waals surface area contributed by atoms with Gasteiger partial charge in [-0.15, -0.1) is 11.3 Å². The van der Waals surface area contributed by atoms with Crippen LogP contribution in [0.4, 0.5) is 0 Å². The maximum absolute atomic E-state index is 12.6. The van der Waals surface area contributed by atoms with E-state index in [0.29, 0.717) is 18.4 Å². The molecule has 3 N–H and O–H groups in total. The molecule has 0 radical (unpaired) electrons. The number of benzene rings is 1. The third kappa shape index (κ3) is 4.19. The molecule has 1 saturated carbocycles. The molecule has 6 nitrogen and oxygen atoms in total. The summed E-state index contributed by atoms with van der Waals surface area (Å²) in [6.45, 7) is 1.95. The van der Waals surface area contributed by atoms with Crippen LogP contribution in [0.5, 0.6) is 0 Å². The van der Waals surface area contributed by atoms with Crippen LogP contribution in [0.15, 0.2) is 35.7 Å². The lowest BCUT2D eigenvalue weighted by atomic mass is 9.79. The molecule has 1 aromatic carbocycles. The Morgan fingerprint density at radius 3 is 2.37 bits per heavy atom. The van der Waals surface area contributed by atoms with Crippen molar-refractivity contribution in [2.45, 2.75) is 32.6 Å². The standard InChI is InChI=1S/C20H22N2O4S/c1-12-17(13-7-3-2-4-8-13)16(11-27-12)19(24)22-21-18(23)14-9-5-6-10-15(14)20(25)26/h2-4,7-8,11,14-15H,5-6,9-10H2,1H3,(H,21,23)(H,22,24)(H,25,26)/t14-,15-/m0/s1. The average molecular weight is 386 g/mol. The number of hydrogen-bond acceptors (Lipinski definition) is 4. The molecule has 142 valence electrons. The molecule has 1 heterocycles. The summed E-state index contributed by atoms with van der Waals surface area (Å²) < 4.78 is 0. The molecular formula is C20H22N2O4S. The molecule has 0 aliphatic heterocycles. The third-order valence-electron chi connectivity index (χ3n) is 5.00. The van der Waals surface area contributed by atoms with E-state index < -0.39 is 29.6 Å². The van der Waals surface area contributed by atoms with E-state index in [1.807, 2.05) is 37.3 Å². The number of thiophene rings is 1. The predicted octanol–water partition coefficient (Wildman–Crippen LogP) is 3.38. The van der Waals surface area contributed by atoms with Crippen LogP contribution in [0.1, 0.15) is 40.9 Å². The Hall–Kier alpha value is -2.67. The molecule has 3 rings (SSSR count). The van der Waals surface area contributed by atoms with Crippen molar-refractivity contribution in [3.05, 3.63) is 46.2 Å². The molecule has 2 atom stereocenters. The van der Waals surface area contributed by atoms with E-state index in [9.17, 15) is 19.5 Å². The van der Waals surface area contributed by atoms with Crippen LogP contribution < -0.4 is 10.9 Å². The largest absolute Gasteiger partial charge is 0.481 e. The van der Waals surface area contributed by atoms with E-state index in [0.717, 1.165) is 28.8 Å². The van der Waals surface area contributed by atoms with Crippen LogP contribution in [0.25, 0.3) is 11.1 Å². The van der Waals surface area contributed by atoms with Crippen molar-refractivity contribution in [1.82, 2.24) is 10.9 Å². The van der Waals surface area contributed by atoms with Crippen molar-refractivity contribution in [3.8, 4) is 11.1 Å². The third-order valence-corrected chi connectivity index (χ3v) is 5.91. The van der Waals surface area contributed by atoms with Gasteiger partial charge in [0.25, 0.3) is 5.91 Å². The van der Waals surface area contributed by atoms with Gasteiger partial charge in [-0.3, -0.25) is 25.2 Å². The Labute approximate surface area is 161 Å². The van der Waals surface area contributed by atoms with Gasteiger partial charge in [0.15, 0.2) is 0 Å². The summed E-state index contributed by atoms with van der Waals surface area (Å²) >= 11 is 1.47. The van der Waals surface area contributed by atoms with Crippen molar-refractivity contribution >= 4 is 29.1 Å². The van der Waals surface area contributed by atoms with E-state index in [1.165, 1.54) is 11.3 Å². The minimum atomic E-state index is -0.957. The van der Waals surface area contributed by atoms with Gasteiger partial charge in [0.2, 0.25) is 5.91 Å². The zero-order valence-corrected chi connectivity index (χ0v) is 15.8. The minimum Gasteiger partial charge on any atom is -0.481 e. The van der Waals surface area contributed by atoms with Crippen molar-refractivity contribution in [2.24, 2.45) is 11.8 Å². The quantitative estimate of drug-likeness (QED) is 0.702. The van der Waals surface area contributed by atoms with Gasteiger partial charge in [0, 0.05) is 15.8 Å². The van der Waals surface area contributed by atoms with Crippen molar-refractivity contribution in [3.63, 3.8) is 0 Å². The highest BCUT2D eigenvalue weighted by Crippen LogP contribution is 2.32. The average Bonchev–Trinajstić information content (AvgIpc) is 3.08. The monoisotopic (exact) mass is 386 g/mol. The fourth-order valence-corrected chi connectivity index (χ4v) is 4.47. The van der Waals surface area contributed by atoms with Crippen LogP contribution in [-0.2, 0) is 9.59 Å². The van der Waals surface area contributed by atoms with E-state index in [4.69, 9.17) is 0 Å². The number of carbonyl (C=O) groups is 3. The number of amides is 2. The molecule has 1 aliphatic carbocycles. The molecule has 2 amide bonds. The number of rotatable bonds is 4. The van der Waals surface area contributed by atoms with Crippen LogP contribution in [0, 0.1) is 18.8 Å². The summed E-state index contributed by atoms with van der Waals surface area (Å²) in [5.41, 5.74) is 7.15. The van der Waals surface area contributed by atoms with Crippen LogP contribution in [0.2, 0.25) is 0 Å². The normalized spacial score (nSPS) is 19.3. The van der Waals surface area contributed by atoms with Crippen molar-refractivity contribution in [2.75, 3.05) is 0 Å². The maximum atomic E-state index is 12.6.